The summed E-state index contributed by atoms with van der Waals surface area (Å²) in [5.41, 5.74) is 0. The molecule has 2 aromatic rings. The molecule has 0 heterocycles. The molecule has 0 atom stereocenters. The Bertz CT molecular complexity index is 766. The van der Waals surface area contributed by atoms with Gasteiger partial charge < -0.3 is 0 Å². The Kier molecular flexibility index (Phi) is 5.20. The van der Waals surface area contributed by atoms with Gasteiger partial charge in [0.25, 0.3) is 0 Å². The Hall–Kier alpha value is -0.960. The van der Waals surface area contributed by atoms with Crippen LogP contribution in [0.15, 0.2) is 47.4 Å². The minimum atomic E-state index is -3.79. The van der Waals surface area contributed by atoms with Crippen LogP contribution < -0.4 is 0 Å². The Labute approximate surface area is 140 Å². The van der Waals surface area contributed by atoms with Gasteiger partial charge >= 0.3 is 140 Å². The summed E-state index contributed by atoms with van der Waals surface area (Å²) in [6.07, 6.45) is 3.16. The summed E-state index contributed by atoms with van der Waals surface area (Å²) in [4.78, 5) is 0.286. The minimum absolute atomic E-state index is 0.286. The number of hydrogen-bond acceptors (Lipinski definition) is 3. The first-order chi connectivity index (χ1) is 10.9. The summed E-state index contributed by atoms with van der Waals surface area (Å²) in [6.45, 7) is 5.53. The van der Waals surface area contributed by atoms with Gasteiger partial charge in [0.05, 0.1) is 0 Å². The fourth-order valence-corrected chi connectivity index (χ4v) is 10.9. The number of hydrogen-bond donors (Lipinski definition) is 0. The Morgan fingerprint density at radius 2 is 1.35 bits per heavy atom. The van der Waals surface area contributed by atoms with E-state index in [0.29, 0.717) is 0 Å². The monoisotopic (exact) mass is 354 g/mol. The molecule has 0 aromatic heterocycles. The van der Waals surface area contributed by atoms with Crippen molar-refractivity contribution in [3.63, 3.8) is 0 Å². The molecule has 0 amide bonds. The van der Waals surface area contributed by atoms with Crippen molar-refractivity contribution in [2.45, 2.75) is 32.6 Å². The number of fused-ring (bicyclic) bond motifs is 1. The van der Waals surface area contributed by atoms with Crippen LogP contribution in [0.1, 0.15) is 27.7 Å². The van der Waals surface area contributed by atoms with Crippen molar-refractivity contribution in [1.29, 1.82) is 0 Å². The molecule has 0 bridgehead atoms. The fraction of sp³-hybridized carbons (Fsp3) is 0.444. The molecular weight excluding hydrogens is 327 g/mol. The second-order valence-corrected chi connectivity index (χ2v) is 14.3. The average molecular weight is 354 g/mol. The van der Waals surface area contributed by atoms with E-state index >= 15 is 0 Å². The third kappa shape index (κ3) is 3.17. The topological polar surface area (TPSA) is 43.4 Å². The van der Waals surface area contributed by atoms with Crippen LogP contribution in [0.5, 0.6) is 0 Å². The van der Waals surface area contributed by atoms with Gasteiger partial charge in [-0.15, -0.1) is 0 Å². The predicted molar refractivity (Wildman–Crippen MR) is 101 cm³/mol. The molecule has 0 N–H and O–H groups in total. The van der Waals surface area contributed by atoms with E-state index in [0.717, 1.165) is 35.4 Å². The third-order valence-electron chi connectivity index (χ3n) is 5.53. The van der Waals surface area contributed by atoms with Crippen molar-refractivity contribution in [2.24, 2.45) is 0 Å². The van der Waals surface area contributed by atoms with Crippen molar-refractivity contribution < 1.29 is 12.4 Å². The molecule has 0 fully saturated rings. The molecule has 0 unspecified atom stereocenters. The van der Waals surface area contributed by atoms with Crippen LogP contribution >= 0.6 is 6.83 Å². The molecule has 2 aromatic carbocycles. The summed E-state index contributed by atoms with van der Waals surface area (Å²) < 4.78 is 32.3. The summed E-state index contributed by atoms with van der Waals surface area (Å²) in [5.74, 6) is 0. The molecule has 0 radical (unpaired) electrons. The van der Waals surface area contributed by atoms with E-state index in [9.17, 15) is 8.42 Å². The zero-order valence-electron chi connectivity index (χ0n) is 14.5. The van der Waals surface area contributed by atoms with Gasteiger partial charge in [-0.2, -0.15) is 0 Å². The second kappa shape index (κ2) is 6.51. The van der Waals surface area contributed by atoms with Gasteiger partial charge in [0.1, 0.15) is 0 Å². The van der Waals surface area contributed by atoms with Gasteiger partial charge in [-0.25, -0.2) is 0 Å². The fourth-order valence-electron chi connectivity index (χ4n) is 3.28. The molecule has 0 saturated heterocycles. The van der Waals surface area contributed by atoms with E-state index in [-0.39, 0.29) is 4.90 Å². The molecule has 128 valence electrons. The first-order valence-electron chi connectivity index (χ1n) is 8.30. The van der Waals surface area contributed by atoms with E-state index < -0.39 is 16.9 Å². The molecule has 0 aliphatic heterocycles. The van der Waals surface area contributed by atoms with Crippen molar-refractivity contribution in [1.82, 2.24) is 0 Å². The number of benzene rings is 2. The SMILES string of the molecule is CCP(CC)(CC)(CC)OS(=O)(=O)c1cccc2ccccc12. The van der Waals surface area contributed by atoms with E-state index in [1.807, 2.05) is 30.3 Å². The van der Waals surface area contributed by atoms with Crippen LogP contribution in [-0.4, -0.2) is 33.1 Å². The van der Waals surface area contributed by atoms with Crippen LogP contribution in [-0.2, 0) is 14.1 Å². The van der Waals surface area contributed by atoms with Gasteiger partial charge in [0, 0.05) is 0 Å². The maximum absolute atomic E-state index is 13.1. The molecular formula is C18H27O3PS. The predicted octanol–water partition coefficient (Wildman–Crippen LogP) is 5.09. The molecule has 2 rings (SSSR count). The first-order valence-corrected chi connectivity index (χ1v) is 12.6. The van der Waals surface area contributed by atoms with Crippen LogP contribution in [0.2, 0.25) is 0 Å². The zero-order chi connectivity index (χ0) is 17.2. The van der Waals surface area contributed by atoms with Gasteiger partial charge in [-0.1, -0.05) is 0 Å². The van der Waals surface area contributed by atoms with Crippen molar-refractivity contribution >= 4 is 27.7 Å². The summed E-state index contributed by atoms with van der Waals surface area (Å²) in [6, 6.07) is 12.9. The summed E-state index contributed by atoms with van der Waals surface area (Å²) in [7, 11) is -3.79. The quantitative estimate of drug-likeness (QED) is 0.650. The van der Waals surface area contributed by atoms with Gasteiger partial charge in [-0.05, 0) is 0 Å². The second-order valence-electron chi connectivity index (χ2n) is 6.13. The molecule has 0 saturated carbocycles. The molecule has 0 spiro atoms. The van der Waals surface area contributed by atoms with Gasteiger partial charge in [0.2, 0.25) is 0 Å². The van der Waals surface area contributed by atoms with Crippen molar-refractivity contribution in [2.75, 3.05) is 24.6 Å². The molecule has 23 heavy (non-hydrogen) atoms. The van der Waals surface area contributed by atoms with E-state index in [2.05, 4.69) is 27.7 Å². The molecule has 5 heteroatoms. The van der Waals surface area contributed by atoms with E-state index in [1.165, 1.54) is 0 Å². The summed E-state index contributed by atoms with van der Waals surface area (Å²) >= 11 is 0. The Balaban J connectivity index is 2.62. The van der Waals surface area contributed by atoms with Crippen molar-refractivity contribution in [3.05, 3.63) is 42.5 Å². The van der Waals surface area contributed by atoms with Gasteiger partial charge in [-0.3, -0.25) is 0 Å². The average Bonchev–Trinajstić information content (AvgIpc) is 2.60. The molecule has 0 aliphatic carbocycles. The van der Waals surface area contributed by atoms with Crippen LogP contribution in [0.4, 0.5) is 0 Å². The number of rotatable bonds is 7. The molecule has 0 aliphatic rings. The summed E-state index contributed by atoms with van der Waals surface area (Å²) in [5, 5.41) is 1.64. The van der Waals surface area contributed by atoms with E-state index in [4.69, 9.17) is 3.97 Å². The van der Waals surface area contributed by atoms with Crippen LogP contribution in [0.3, 0.4) is 0 Å². The Morgan fingerprint density at radius 1 is 0.826 bits per heavy atom. The Morgan fingerprint density at radius 3 is 1.91 bits per heavy atom. The normalized spacial score (nSPS) is 14.5. The third-order valence-corrected chi connectivity index (χ3v) is 15.3. The zero-order valence-corrected chi connectivity index (χ0v) is 16.2. The van der Waals surface area contributed by atoms with Crippen molar-refractivity contribution in [3.8, 4) is 0 Å². The van der Waals surface area contributed by atoms with E-state index in [1.54, 1.807) is 12.1 Å². The maximum atomic E-state index is 13.1. The molecule has 3 nitrogen and oxygen atoms in total. The van der Waals surface area contributed by atoms with Gasteiger partial charge in [0.15, 0.2) is 0 Å². The van der Waals surface area contributed by atoms with Crippen LogP contribution in [0, 0.1) is 0 Å². The van der Waals surface area contributed by atoms with Crippen LogP contribution in [0.25, 0.3) is 10.8 Å². The first kappa shape index (κ1) is 18.4. The standard InChI is InChI=1S/C18H27O3PS/c1-5-22(6-2,7-3,8-4)21-23(19,20)18-15-11-13-16-12-9-10-14-17(16)18/h9-15H,5-8H2,1-4H3.